The largest absolute Gasteiger partial charge is 0.394 e. The normalized spacial score (nSPS) is 25.9. The molecule has 0 radical (unpaired) electrons. The van der Waals surface area contributed by atoms with E-state index in [0.717, 1.165) is 31.4 Å². The van der Waals surface area contributed by atoms with E-state index in [9.17, 15) is 0 Å². The van der Waals surface area contributed by atoms with Crippen LogP contribution < -0.4 is 5.32 Å². The smallest absolute Gasteiger partial charge is 0.0697 e. The number of hydrogen-bond acceptors (Lipinski definition) is 3. The summed E-state index contributed by atoms with van der Waals surface area (Å²) in [5, 5.41) is 12.0. The minimum atomic E-state index is 0.133. The topological polar surface area (TPSA) is 41.5 Å². The summed E-state index contributed by atoms with van der Waals surface area (Å²) < 4.78 is 5.20. The SMILES string of the molecule is CC1CCC(CNCCCOCCO)CC1. The van der Waals surface area contributed by atoms with Crippen molar-refractivity contribution in [2.75, 3.05) is 32.9 Å². The van der Waals surface area contributed by atoms with Crippen LogP contribution in [-0.2, 0) is 4.74 Å². The molecule has 0 atom stereocenters. The van der Waals surface area contributed by atoms with Crippen LogP contribution in [0.15, 0.2) is 0 Å². The summed E-state index contributed by atoms with van der Waals surface area (Å²) in [6, 6.07) is 0. The molecule has 0 unspecified atom stereocenters. The van der Waals surface area contributed by atoms with Gasteiger partial charge in [0.15, 0.2) is 0 Å². The predicted octanol–water partition coefficient (Wildman–Crippen LogP) is 1.80. The lowest BCUT2D eigenvalue weighted by Gasteiger charge is -2.26. The van der Waals surface area contributed by atoms with Crippen LogP contribution in [0.4, 0.5) is 0 Å². The highest BCUT2D eigenvalue weighted by Gasteiger charge is 2.17. The molecule has 16 heavy (non-hydrogen) atoms. The zero-order chi connectivity index (χ0) is 11.6. The fraction of sp³-hybridized carbons (Fsp3) is 1.00. The fourth-order valence-corrected chi connectivity index (χ4v) is 2.31. The maximum Gasteiger partial charge on any atom is 0.0697 e. The zero-order valence-corrected chi connectivity index (χ0v) is 10.6. The quantitative estimate of drug-likeness (QED) is 0.624. The van der Waals surface area contributed by atoms with Gasteiger partial charge in [0.1, 0.15) is 0 Å². The van der Waals surface area contributed by atoms with E-state index in [4.69, 9.17) is 9.84 Å². The Balaban J connectivity index is 1.84. The van der Waals surface area contributed by atoms with Crippen molar-refractivity contribution in [1.82, 2.24) is 5.32 Å². The van der Waals surface area contributed by atoms with E-state index >= 15 is 0 Å². The van der Waals surface area contributed by atoms with Gasteiger partial charge in [0.05, 0.1) is 13.2 Å². The van der Waals surface area contributed by atoms with Crippen molar-refractivity contribution in [3.63, 3.8) is 0 Å². The van der Waals surface area contributed by atoms with Gasteiger partial charge in [-0.2, -0.15) is 0 Å². The lowest BCUT2D eigenvalue weighted by molar-refractivity contribution is 0.0905. The van der Waals surface area contributed by atoms with E-state index in [1.165, 1.54) is 32.2 Å². The molecule has 1 aliphatic carbocycles. The van der Waals surface area contributed by atoms with Gasteiger partial charge in [-0.15, -0.1) is 0 Å². The molecule has 1 rings (SSSR count). The van der Waals surface area contributed by atoms with Crippen molar-refractivity contribution in [3.8, 4) is 0 Å². The minimum absolute atomic E-state index is 0.133. The summed E-state index contributed by atoms with van der Waals surface area (Å²) in [5.41, 5.74) is 0. The molecule has 0 aliphatic heterocycles. The Morgan fingerprint density at radius 3 is 2.62 bits per heavy atom. The molecule has 0 bridgehead atoms. The molecule has 0 spiro atoms. The first kappa shape index (κ1) is 13.9. The third kappa shape index (κ3) is 6.46. The van der Waals surface area contributed by atoms with Crippen LogP contribution in [0, 0.1) is 11.8 Å². The van der Waals surface area contributed by atoms with Crippen LogP contribution >= 0.6 is 0 Å². The van der Waals surface area contributed by atoms with Gasteiger partial charge in [-0.3, -0.25) is 0 Å². The molecule has 1 aliphatic rings. The molecule has 3 nitrogen and oxygen atoms in total. The molecule has 96 valence electrons. The highest BCUT2D eigenvalue weighted by atomic mass is 16.5. The number of ether oxygens (including phenoxy) is 1. The summed E-state index contributed by atoms with van der Waals surface area (Å²) in [5.74, 6) is 1.85. The number of hydrogen-bond donors (Lipinski definition) is 2. The first-order chi connectivity index (χ1) is 7.83. The summed E-state index contributed by atoms with van der Waals surface area (Å²) >= 11 is 0. The molecular formula is C13H27NO2. The van der Waals surface area contributed by atoms with Crippen LogP contribution in [0.3, 0.4) is 0 Å². The zero-order valence-electron chi connectivity index (χ0n) is 10.6. The number of rotatable bonds is 8. The standard InChI is InChI=1S/C13H27NO2/c1-12-3-5-13(6-4-12)11-14-7-2-9-16-10-8-15/h12-15H,2-11H2,1H3. The fourth-order valence-electron chi connectivity index (χ4n) is 2.31. The number of aliphatic hydroxyl groups is 1. The van der Waals surface area contributed by atoms with E-state index in [0.29, 0.717) is 6.61 Å². The first-order valence-electron chi connectivity index (χ1n) is 6.72. The van der Waals surface area contributed by atoms with Gasteiger partial charge in [0.2, 0.25) is 0 Å². The highest BCUT2D eigenvalue weighted by Crippen LogP contribution is 2.27. The van der Waals surface area contributed by atoms with E-state index in [1.54, 1.807) is 0 Å². The molecule has 0 heterocycles. The third-order valence-corrected chi connectivity index (χ3v) is 3.45. The van der Waals surface area contributed by atoms with Gasteiger partial charge in [0.25, 0.3) is 0 Å². The second-order valence-corrected chi connectivity index (χ2v) is 5.02. The van der Waals surface area contributed by atoms with E-state index in [2.05, 4.69) is 12.2 Å². The predicted molar refractivity (Wildman–Crippen MR) is 66.5 cm³/mol. The molecule has 1 saturated carbocycles. The van der Waals surface area contributed by atoms with Gasteiger partial charge >= 0.3 is 0 Å². The van der Waals surface area contributed by atoms with Gasteiger partial charge in [0, 0.05) is 6.61 Å². The van der Waals surface area contributed by atoms with Crippen LogP contribution in [-0.4, -0.2) is 38.0 Å². The van der Waals surface area contributed by atoms with E-state index in [-0.39, 0.29) is 6.61 Å². The maximum atomic E-state index is 8.52. The van der Waals surface area contributed by atoms with Crippen molar-refractivity contribution in [3.05, 3.63) is 0 Å². The minimum Gasteiger partial charge on any atom is -0.394 e. The highest BCUT2D eigenvalue weighted by molar-refractivity contribution is 4.71. The molecule has 0 aromatic carbocycles. The van der Waals surface area contributed by atoms with Crippen molar-refractivity contribution in [2.24, 2.45) is 11.8 Å². The van der Waals surface area contributed by atoms with Gasteiger partial charge < -0.3 is 15.2 Å². The molecule has 1 fully saturated rings. The molecule has 0 aromatic rings. The summed E-state index contributed by atoms with van der Waals surface area (Å²) in [4.78, 5) is 0. The summed E-state index contributed by atoms with van der Waals surface area (Å²) in [6.45, 7) is 5.94. The Bertz CT molecular complexity index is 156. The Hall–Kier alpha value is -0.120. The number of aliphatic hydroxyl groups excluding tert-OH is 1. The first-order valence-corrected chi connectivity index (χ1v) is 6.72. The molecule has 0 saturated heterocycles. The van der Waals surface area contributed by atoms with Crippen LogP contribution in [0.25, 0.3) is 0 Å². The van der Waals surface area contributed by atoms with E-state index < -0.39 is 0 Å². The molecule has 3 heteroatoms. The Morgan fingerprint density at radius 2 is 1.94 bits per heavy atom. The summed E-state index contributed by atoms with van der Waals surface area (Å²) in [7, 11) is 0. The van der Waals surface area contributed by atoms with Crippen molar-refractivity contribution in [1.29, 1.82) is 0 Å². The molecule has 2 N–H and O–H groups in total. The Morgan fingerprint density at radius 1 is 1.19 bits per heavy atom. The van der Waals surface area contributed by atoms with Gasteiger partial charge in [-0.1, -0.05) is 19.8 Å². The maximum absolute atomic E-state index is 8.52. The second kappa shape index (κ2) is 8.97. The van der Waals surface area contributed by atoms with Crippen LogP contribution in [0.2, 0.25) is 0 Å². The van der Waals surface area contributed by atoms with Crippen LogP contribution in [0.5, 0.6) is 0 Å². The molecular weight excluding hydrogens is 202 g/mol. The number of nitrogens with one attached hydrogen (secondary N) is 1. The van der Waals surface area contributed by atoms with Crippen molar-refractivity contribution >= 4 is 0 Å². The van der Waals surface area contributed by atoms with E-state index in [1.807, 2.05) is 0 Å². The Kier molecular flexibility index (Phi) is 7.81. The van der Waals surface area contributed by atoms with Gasteiger partial charge in [-0.25, -0.2) is 0 Å². The Labute approximate surface area is 99.6 Å². The summed E-state index contributed by atoms with van der Waals surface area (Å²) in [6.07, 6.45) is 6.66. The lowest BCUT2D eigenvalue weighted by atomic mass is 9.83. The average molecular weight is 229 g/mol. The third-order valence-electron chi connectivity index (χ3n) is 3.45. The molecule has 0 aromatic heterocycles. The molecule has 0 amide bonds. The monoisotopic (exact) mass is 229 g/mol. The van der Waals surface area contributed by atoms with Gasteiger partial charge in [-0.05, 0) is 44.2 Å². The van der Waals surface area contributed by atoms with Crippen molar-refractivity contribution in [2.45, 2.75) is 39.0 Å². The average Bonchev–Trinajstić information content (AvgIpc) is 2.30. The van der Waals surface area contributed by atoms with Crippen LogP contribution in [0.1, 0.15) is 39.0 Å². The van der Waals surface area contributed by atoms with Crippen molar-refractivity contribution < 1.29 is 9.84 Å². The second-order valence-electron chi connectivity index (χ2n) is 5.02. The lowest BCUT2D eigenvalue weighted by Crippen LogP contribution is -2.27.